The molecule has 3 nitrogen and oxygen atoms in total. The van der Waals surface area contributed by atoms with Crippen LogP contribution in [-0.2, 0) is 0 Å². The van der Waals surface area contributed by atoms with Gasteiger partial charge in [-0.2, -0.15) is 0 Å². The van der Waals surface area contributed by atoms with E-state index in [-0.39, 0.29) is 12.1 Å². The van der Waals surface area contributed by atoms with E-state index in [4.69, 9.17) is 4.42 Å². The molecular weight excluding hydrogens is 154 g/mol. The Labute approximate surface area is 71.4 Å². The fraction of sp³-hybridized carbons (Fsp3) is 0.556. The van der Waals surface area contributed by atoms with Gasteiger partial charge in [-0.1, -0.05) is 0 Å². The van der Waals surface area contributed by atoms with E-state index in [1.165, 1.54) is 0 Å². The van der Waals surface area contributed by atoms with E-state index in [1.54, 1.807) is 6.26 Å². The van der Waals surface area contributed by atoms with Crippen molar-refractivity contribution in [2.45, 2.75) is 25.5 Å². The van der Waals surface area contributed by atoms with Crippen LogP contribution in [0.2, 0.25) is 0 Å². The number of aliphatic hydroxyl groups excluding tert-OH is 1. The zero-order valence-electron chi connectivity index (χ0n) is 7.08. The maximum absolute atomic E-state index is 9.58. The lowest BCUT2D eigenvalue weighted by atomic mass is 10.0. The van der Waals surface area contributed by atoms with Crippen molar-refractivity contribution in [2.75, 3.05) is 6.54 Å². The lowest BCUT2D eigenvalue weighted by Gasteiger charge is -2.13. The van der Waals surface area contributed by atoms with Crippen LogP contribution in [0.4, 0.5) is 0 Å². The molecule has 1 saturated heterocycles. The molecule has 1 aromatic rings. The summed E-state index contributed by atoms with van der Waals surface area (Å²) in [5, 5.41) is 12.8. The topological polar surface area (TPSA) is 45.4 Å². The molecule has 2 unspecified atom stereocenters. The second kappa shape index (κ2) is 2.92. The number of aliphatic hydroxyl groups is 1. The summed E-state index contributed by atoms with van der Waals surface area (Å²) in [6.07, 6.45) is 2.23. The summed E-state index contributed by atoms with van der Waals surface area (Å²) in [7, 11) is 0. The van der Waals surface area contributed by atoms with Gasteiger partial charge in [0, 0.05) is 5.56 Å². The second-order valence-electron chi connectivity index (χ2n) is 3.22. The molecule has 0 amide bonds. The largest absolute Gasteiger partial charge is 0.469 e. The van der Waals surface area contributed by atoms with Gasteiger partial charge in [0.2, 0.25) is 0 Å². The Morgan fingerprint density at radius 1 is 1.67 bits per heavy atom. The van der Waals surface area contributed by atoms with Crippen molar-refractivity contribution in [3.63, 3.8) is 0 Å². The first-order chi connectivity index (χ1) is 5.79. The van der Waals surface area contributed by atoms with E-state index >= 15 is 0 Å². The van der Waals surface area contributed by atoms with Gasteiger partial charge < -0.3 is 14.8 Å². The molecule has 0 spiro atoms. The van der Waals surface area contributed by atoms with Gasteiger partial charge in [0.15, 0.2) is 0 Å². The van der Waals surface area contributed by atoms with Crippen LogP contribution in [0, 0.1) is 6.92 Å². The number of hydrogen-bond acceptors (Lipinski definition) is 3. The molecule has 0 saturated carbocycles. The van der Waals surface area contributed by atoms with Crippen molar-refractivity contribution in [3.05, 3.63) is 23.7 Å². The zero-order chi connectivity index (χ0) is 8.55. The molecule has 2 atom stereocenters. The van der Waals surface area contributed by atoms with E-state index in [1.807, 2.05) is 13.0 Å². The minimum Gasteiger partial charge on any atom is -0.469 e. The summed E-state index contributed by atoms with van der Waals surface area (Å²) in [6, 6.07) is 1.99. The molecular formula is C9H13NO2. The van der Waals surface area contributed by atoms with Crippen molar-refractivity contribution in [1.29, 1.82) is 0 Å². The maximum Gasteiger partial charge on any atom is 0.105 e. The molecule has 66 valence electrons. The van der Waals surface area contributed by atoms with Crippen LogP contribution in [0.3, 0.4) is 0 Å². The molecule has 2 rings (SSSR count). The number of aryl methyl sites for hydroxylation is 1. The Morgan fingerprint density at radius 2 is 2.50 bits per heavy atom. The molecule has 0 radical (unpaired) electrons. The van der Waals surface area contributed by atoms with E-state index in [0.29, 0.717) is 0 Å². The monoisotopic (exact) mass is 167 g/mol. The first kappa shape index (κ1) is 7.83. The number of furan rings is 1. The van der Waals surface area contributed by atoms with Crippen molar-refractivity contribution < 1.29 is 9.52 Å². The smallest absolute Gasteiger partial charge is 0.105 e. The molecule has 1 aliphatic rings. The SMILES string of the molecule is Cc1occc1C1NCCC1O. The minimum absolute atomic E-state index is 0.0729. The minimum atomic E-state index is -0.263. The van der Waals surface area contributed by atoms with Crippen LogP contribution in [0.25, 0.3) is 0 Å². The molecule has 0 bridgehead atoms. The number of nitrogens with one attached hydrogen (secondary N) is 1. The van der Waals surface area contributed by atoms with Crippen molar-refractivity contribution in [2.24, 2.45) is 0 Å². The first-order valence-corrected chi connectivity index (χ1v) is 4.24. The summed E-state index contributed by atoms with van der Waals surface area (Å²) < 4.78 is 5.17. The first-order valence-electron chi connectivity index (χ1n) is 4.24. The van der Waals surface area contributed by atoms with E-state index in [0.717, 1.165) is 24.3 Å². The summed E-state index contributed by atoms with van der Waals surface area (Å²) >= 11 is 0. The van der Waals surface area contributed by atoms with Crippen LogP contribution in [0.15, 0.2) is 16.7 Å². The Balaban J connectivity index is 2.24. The molecule has 3 heteroatoms. The fourth-order valence-corrected chi connectivity index (χ4v) is 1.72. The molecule has 1 fully saturated rings. The lowest BCUT2D eigenvalue weighted by molar-refractivity contribution is 0.159. The Kier molecular flexibility index (Phi) is 1.90. The second-order valence-corrected chi connectivity index (χ2v) is 3.22. The van der Waals surface area contributed by atoms with Crippen molar-refractivity contribution in [1.82, 2.24) is 5.32 Å². The van der Waals surface area contributed by atoms with Crippen LogP contribution < -0.4 is 5.32 Å². The van der Waals surface area contributed by atoms with E-state index < -0.39 is 0 Å². The third-order valence-electron chi connectivity index (χ3n) is 2.42. The highest BCUT2D eigenvalue weighted by atomic mass is 16.3. The van der Waals surface area contributed by atoms with Gasteiger partial charge in [-0.3, -0.25) is 0 Å². The highest BCUT2D eigenvalue weighted by Gasteiger charge is 2.28. The molecule has 2 N–H and O–H groups in total. The highest BCUT2D eigenvalue weighted by molar-refractivity contribution is 5.22. The maximum atomic E-state index is 9.58. The quantitative estimate of drug-likeness (QED) is 0.655. The van der Waals surface area contributed by atoms with Crippen molar-refractivity contribution in [3.8, 4) is 0 Å². The Bertz CT molecular complexity index is 269. The summed E-state index contributed by atoms with van der Waals surface area (Å²) in [4.78, 5) is 0. The lowest BCUT2D eigenvalue weighted by Crippen LogP contribution is -2.20. The molecule has 0 aliphatic carbocycles. The highest BCUT2D eigenvalue weighted by Crippen LogP contribution is 2.26. The van der Waals surface area contributed by atoms with Gasteiger partial charge in [0.1, 0.15) is 5.76 Å². The summed E-state index contributed by atoms with van der Waals surface area (Å²) in [6.45, 7) is 2.80. The van der Waals surface area contributed by atoms with Gasteiger partial charge in [-0.25, -0.2) is 0 Å². The van der Waals surface area contributed by atoms with Gasteiger partial charge in [-0.15, -0.1) is 0 Å². The molecule has 1 aliphatic heterocycles. The average molecular weight is 167 g/mol. The summed E-state index contributed by atoms with van der Waals surface area (Å²) in [5.41, 5.74) is 1.08. The number of hydrogen-bond donors (Lipinski definition) is 2. The van der Waals surface area contributed by atoms with Gasteiger partial charge in [0.05, 0.1) is 18.4 Å². The third-order valence-corrected chi connectivity index (χ3v) is 2.42. The summed E-state index contributed by atoms with van der Waals surface area (Å²) in [5.74, 6) is 0.897. The van der Waals surface area contributed by atoms with Crippen molar-refractivity contribution >= 4 is 0 Å². The standard InChI is InChI=1S/C9H13NO2/c1-6-7(3-5-12-6)9-8(11)2-4-10-9/h3,5,8-11H,2,4H2,1H3. The molecule has 1 aromatic heterocycles. The molecule has 0 aromatic carbocycles. The number of rotatable bonds is 1. The zero-order valence-corrected chi connectivity index (χ0v) is 7.08. The van der Waals surface area contributed by atoms with Gasteiger partial charge in [0.25, 0.3) is 0 Å². The molecule has 2 heterocycles. The van der Waals surface area contributed by atoms with E-state index in [9.17, 15) is 5.11 Å². The average Bonchev–Trinajstić information content (AvgIpc) is 2.59. The van der Waals surface area contributed by atoms with Crippen LogP contribution in [0.1, 0.15) is 23.8 Å². The van der Waals surface area contributed by atoms with Gasteiger partial charge >= 0.3 is 0 Å². The van der Waals surface area contributed by atoms with Gasteiger partial charge in [-0.05, 0) is 26.0 Å². The van der Waals surface area contributed by atoms with Crippen LogP contribution >= 0.6 is 0 Å². The Morgan fingerprint density at radius 3 is 3.00 bits per heavy atom. The van der Waals surface area contributed by atoms with E-state index in [2.05, 4.69) is 5.32 Å². The van der Waals surface area contributed by atoms with Crippen LogP contribution in [-0.4, -0.2) is 17.8 Å². The van der Waals surface area contributed by atoms with Crippen LogP contribution in [0.5, 0.6) is 0 Å². The third kappa shape index (κ3) is 1.15. The predicted molar refractivity (Wildman–Crippen MR) is 44.8 cm³/mol. The molecule has 12 heavy (non-hydrogen) atoms. The Hall–Kier alpha value is -0.800. The predicted octanol–water partition coefficient (Wildman–Crippen LogP) is 0.983. The fourth-order valence-electron chi connectivity index (χ4n) is 1.72. The normalized spacial score (nSPS) is 29.5.